The van der Waals surface area contributed by atoms with E-state index in [0.29, 0.717) is 15.1 Å². The number of halogens is 1. The van der Waals surface area contributed by atoms with Crippen LogP contribution in [0.1, 0.15) is 5.56 Å². The van der Waals surface area contributed by atoms with Crippen LogP contribution in [0.4, 0.5) is 0 Å². The Morgan fingerprint density at radius 2 is 2.16 bits per heavy atom. The number of nitrogens with zero attached hydrogens (tertiary/aromatic N) is 1. The summed E-state index contributed by atoms with van der Waals surface area (Å²) >= 11 is 5.85. The molecule has 6 nitrogen and oxygen atoms in total. The van der Waals surface area contributed by atoms with Gasteiger partial charge < -0.3 is 14.4 Å². The van der Waals surface area contributed by atoms with Crippen LogP contribution < -0.4 is 4.74 Å². The van der Waals surface area contributed by atoms with E-state index < -0.39 is 16.4 Å². The van der Waals surface area contributed by atoms with Crippen molar-refractivity contribution < 1.29 is 22.8 Å². The number of rotatable bonds is 6. The fraction of sp³-hybridized carbons (Fsp3) is 0.455. The fourth-order valence-electron chi connectivity index (χ4n) is 1.34. The van der Waals surface area contributed by atoms with Crippen LogP contribution in [0.25, 0.3) is 0 Å². The molecule has 0 saturated heterocycles. The third-order valence-electron chi connectivity index (χ3n) is 2.42. The summed E-state index contributed by atoms with van der Waals surface area (Å²) < 4.78 is 37.7. The van der Waals surface area contributed by atoms with E-state index in [2.05, 4.69) is 0 Å². The van der Waals surface area contributed by atoms with Crippen LogP contribution in [0.5, 0.6) is 5.75 Å². The first-order chi connectivity index (χ1) is 8.70. The van der Waals surface area contributed by atoms with Gasteiger partial charge in [-0.15, -0.1) is 0 Å². The lowest BCUT2D eigenvalue weighted by Gasteiger charge is -2.23. The van der Waals surface area contributed by atoms with Gasteiger partial charge in [0.05, 0.1) is 0 Å². The lowest BCUT2D eigenvalue weighted by molar-refractivity contribution is 0.0915. The van der Waals surface area contributed by atoms with E-state index in [1.54, 1.807) is 18.2 Å². The van der Waals surface area contributed by atoms with Crippen LogP contribution in [0.3, 0.4) is 0 Å². The van der Waals surface area contributed by atoms with Gasteiger partial charge in [-0.3, -0.25) is 0 Å². The van der Waals surface area contributed by atoms with E-state index in [4.69, 9.17) is 16.3 Å². The average Bonchev–Trinajstić information content (AvgIpc) is 2.29. The van der Waals surface area contributed by atoms with Gasteiger partial charge in [0, 0.05) is 18.6 Å². The molecule has 1 aromatic carbocycles. The zero-order chi connectivity index (χ0) is 14.6. The quantitative estimate of drug-likeness (QED) is 0.784. The number of aliphatic hydroxyl groups is 1. The van der Waals surface area contributed by atoms with Crippen molar-refractivity contribution in [1.29, 1.82) is 0 Å². The first-order valence-corrected chi connectivity index (χ1v) is 7.18. The highest BCUT2D eigenvalue weighted by Crippen LogP contribution is 2.21. The van der Waals surface area contributed by atoms with Crippen LogP contribution >= 0.6 is 11.6 Å². The molecule has 1 aromatic rings. The molecule has 0 aliphatic rings. The van der Waals surface area contributed by atoms with Gasteiger partial charge in [-0.05, 0) is 30.7 Å². The van der Waals surface area contributed by atoms with Crippen molar-refractivity contribution in [2.24, 2.45) is 0 Å². The number of benzene rings is 1. The third-order valence-corrected chi connectivity index (χ3v) is 3.76. The lowest BCUT2D eigenvalue weighted by atomic mass is 10.2. The van der Waals surface area contributed by atoms with E-state index in [-0.39, 0.29) is 13.2 Å². The molecule has 0 aromatic heterocycles. The molecule has 1 N–H and O–H groups in total. The molecular formula is C11H15ClNO5S-. The smallest absolute Gasteiger partial charge is 0.161 e. The number of hydrogen-bond donors (Lipinski definition) is 1. The molecule has 1 unspecified atom stereocenters. The van der Waals surface area contributed by atoms with Crippen LogP contribution in [-0.2, 0) is 10.3 Å². The van der Waals surface area contributed by atoms with Crippen molar-refractivity contribution in [1.82, 2.24) is 4.31 Å². The molecular weight excluding hydrogens is 294 g/mol. The van der Waals surface area contributed by atoms with Gasteiger partial charge in [0.1, 0.15) is 18.5 Å². The van der Waals surface area contributed by atoms with E-state index in [1.165, 1.54) is 0 Å². The van der Waals surface area contributed by atoms with E-state index >= 15 is 0 Å². The molecule has 0 aliphatic carbocycles. The highest BCUT2D eigenvalue weighted by Gasteiger charge is 2.13. The molecule has 1 rings (SSSR count). The lowest BCUT2D eigenvalue weighted by Crippen LogP contribution is -2.36. The molecule has 0 saturated carbocycles. The van der Waals surface area contributed by atoms with Crippen molar-refractivity contribution in [3.63, 3.8) is 0 Å². The van der Waals surface area contributed by atoms with Crippen LogP contribution in [0, 0.1) is 6.92 Å². The number of ether oxygens (including phenoxy) is 1. The number of likely N-dealkylation sites (N-methyl/N-ethyl adjacent to an activating group) is 1. The van der Waals surface area contributed by atoms with Gasteiger partial charge in [-0.2, -0.15) is 0 Å². The van der Waals surface area contributed by atoms with Gasteiger partial charge in [0.25, 0.3) is 0 Å². The second-order valence-electron chi connectivity index (χ2n) is 4.11. The highest BCUT2D eigenvalue weighted by molar-refractivity contribution is 7.83. The summed E-state index contributed by atoms with van der Waals surface area (Å²) in [5.74, 6) is 0.508. The summed E-state index contributed by atoms with van der Waals surface area (Å²) in [5, 5.41) is 10.2. The van der Waals surface area contributed by atoms with Gasteiger partial charge in [0.2, 0.25) is 0 Å². The summed E-state index contributed by atoms with van der Waals surface area (Å²) in [6.07, 6.45) is -1.09. The fourth-order valence-corrected chi connectivity index (χ4v) is 1.81. The molecule has 19 heavy (non-hydrogen) atoms. The SMILES string of the molecule is Cc1cc(OCC(O)CN(C)S(=O)(=O)[O-])ccc1Cl. The maximum atomic E-state index is 10.6. The number of aryl methyl sites for hydroxylation is 1. The largest absolute Gasteiger partial charge is 0.735 e. The monoisotopic (exact) mass is 308 g/mol. The van der Waals surface area contributed by atoms with Crippen molar-refractivity contribution in [3.05, 3.63) is 28.8 Å². The predicted octanol–water partition coefficient (Wildman–Crippen LogP) is 0.780. The Morgan fingerprint density at radius 1 is 1.53 bits per heavy atom. The first-order valence-electron chi connectivity index (χ1n) is 5.44. The average molecular weight is 309 g/mol. The Kier molecular flexibility index (Phi) is 5.57. The van der Waals surface area contributed by atoms with Crippen molar-refractivity contribution in [3.8, 4) is 5.75 Å². The Bertz CT molecular complexity index is 534. The van der Waals surface area contributed by atoms with Crippen molar-refractivity contribution in [2.75, 3.05) is 20.2 Å². The zero-order valence-corrected chi connectivity index (χ0v) is 12.1. The standard InChI is InChI=1S/C11H16ClNO5S/c1-8-5-10(3-4-11(8)12)18-7-9(14)6-13(2)19(15,16)17/h3-5,9,14H,6-7H2,1-2H3,(H,15,16,17)/p-1. The Balaban J connectivity index is 2.50. The molecule has 0 fully saturated rings. The summed E-state index contributed by atoms with van der Waals surface area (Å²) in [7, 11) is -3.45. The summed E-state index contributed by atoms with van der Waals surface area (Å²) in [5.41, 5.74) is 0.827. The molecule has 0 aliphatic heterocycles. The normalized spacial score (nSPS) is 13.6. The van der Waals surface area contributed by atoms with E-state index in [1.807, 2.05) is 6.92 Å². The Hall–Kier alpha value is -0.860. The third kappa shape index (κ3) is 5.33. The van der Waals surface area contributed by atoms with Crippen LogP contribution in [0.2, 0.25) is 5.02 Å². The minimum absolute atomic E-state index is 0.124. The Labute approximate surface area is 117 Å². The molecule has 8 heteroatoms. The zero-order valence-electron chi connectivity index (χ0n) is 10.5. The topological polar surface area (TPSA) is 89.9 Å². The summed E-state index contributed by atoms with van der Waals surface area (Å²) in [6, 6.07) is 4.99. The number of aliphatic hydroxyl groups excluding tert-OH is 1. The number of hydrogen-bond acceptors (Lipinski definition) is 5. The van der Waals surface area contributed by atoms with Gasteiger partial charge >= 0.3 is 0 Å². The van der Waals surface area contributed by atoms with Gasteiger partial charge in [0.15, 0.2) is 10.3 Å². The Morgan fingerprint density at radius 3 is 2.68 bits per heavy atom. The highest BCUT2D eigenvalue weighted by atomic mass is 35.5. The van der Waals surface area contributed by atoms with Gasteiger partial charge in [-0.1, -0.05) is 11.6 Å². The summed E-state index contributed by atoms with van der Waals surface area (Å²) in [4.78, 5) is 0. The molecule has 108 valence electrons. The van der Waals surface area contributed by atoms with Crippen molar-refractivity contribution >= 4 is 21.9 Å². The van der Waals surface area contributed by atoms with E-state index in [9.17, 15) is 18.1 Å². The molecule has 0 heterocycles. The van der Waals surface area contributed by atoms with Crippen LogP contribution in [0.15, 0.2) is 18.2 Å². The maximum absolute atomic E-state index is 10.6. The second-order valence-corrected chi connectivity index (χ2v) is 6.00. The van der Waals surface area contributed by atoms with Crippen molar-refractivity contribution in [2.45, 2.75) is 13.0 Å². The molecule has 0 radical (unpaired) electrons. The molecule has 0 amide bonds. The minimum atomic E-state index is -4.54. The predicted molar refractivity (Wildman–Crippen MR) is 70.0 cm³/mol. The first kappa shape index (κ1) is 16.2. The molecule has 0 bridgehead atoms. The maximum Gasteiger partial charge on any atom is 0.161 e. The molecule has 1 atom stereocenters. The van der Waals surface area contributed by atoms with E-state index in [0.717, 1.165) is 12.6 Å². The minimum Gasteiger partial charge on any atom is -0.735 e. The second kappa shape index (κ2) is 6.53. The summed E-state index contributed by atoms with van der Waals surface area (Å²) in [6.45, 7) is 1.36. The molecule has 0 spiro atoms. The van der Waals surface area contributed by atoms with Gasteiger partial charge in [-0.25, -0.2) is 12.7 Å². The van der Waals surface area contributed by atoms with Crippen LogP contribution in [-0.4, -0.2) is 48.7 Å².